The van der Waals surface area contributed by atoms with Gasteiger partial charge < -0.3 is 18.9 Å². The van der Waals surface area contributed by atoms with Crippen LogP contribution in [0.15, 0.2) is 185 Å². The van der Waals surface area contributed by atoms with Crippen molar-refractivity contribution in [1.29, 1.82) is 21.0 Å². The quantitative estimate of drug-likeness (QED) is 0.115. The molecule has 0 saturated carbocycles. The van der Waals surface area contributed by atoms with E-state index in [1.807, 2.05) is 97.1 Å². The summed E-state index contributed by atoms with van der Waals surface area (Å²) in [6, 6.07) is 57.2. The van der Waals surface area contributed by atoms with Gasteiger partial charge in [-0.05, 0) is 163 Å². The first kappa shape index (κ1) is 60.9. The zero-order chi connectivity index (χ0) is 60.1. The van der Waals surface area contributed by atoms with Crippen LogP contribution in [-0.2, 0) is 48.1 Å². The summed E-state index contributed by atoms with van der Waals surface area (Å²) in [5.74, 6) is 2.76. The smallest absolute Gasteiger partial charge is 0.147 e. The number of nitrogens with zero attached hydrogens (tertiary/aromatic N) is 4. The predicted molar refractivity (Wildman–Crippen MR) is 339 cm³/mol. The Morgan fingerprint density at radius 1 is 0.274 bits per heavy atom. The molecule has 1 aliphatic heterocycles. The van der Waals surface area contributed by atoms with Crippen molar-refractivity contribution in [2.24, 2.45) is 0 Å². The van der Waals surface area contributed by atoms with Gasteiger partial charge in [-0.2, -0.15) is 21.0 Å². The molecule has 1 heterocycles. The normalized spacial score (nSPS) is 12.5. The van der Waals surface area contributed by atoms with Crippen molar-refractivity contribution in [1.82, 2.24) is 0 Å². The third-order valence-corrected chi connectivity index (χ3v) is 18.5. The Bertz CT molecular complexity index is 3310. The van der Waals surface area contributed by atoms with Crippen LogP contribution in [0.4, 0.5) is 0 Å². The van der Waals surface area contributed by atoms with Gasteiger partial charge >= 0.3 is 0 Å². The summed E-state index contributed by atoms with van der Waals surface area (Å²) in [4.78, 5) is 7.12. The van der Waals surface area contributed by atoms with E-state index in [1.54, 1.807) is 47.0 Å². The molecule has 0 radical (unpaired) electrons. The minimum atomic E-state index is -0.300. The molecule has 8 aromatic carbocycles. The molecule has 1 aliphatic rings. The van der Waals surface area contributed by atoms with Crippen molar-refractivity contribution >= 4 is 47.0 Å². The summed E-state index contributed by atoms with van der Waals surface area (Å²) in [6.07, 6.45) is 0. The lowest BCUT2D eigenvalue weighted by molar-refractivity contribution is 0.287. The van der Waals surface area contributed by atoms with E-state index in [1.165, 1.54) is 0 Å². The third-order valence-electron chi connectivity index (χ3n) is 14.3. The van der Waals surface area contributed by atoms with Crippen LogP contribution in [0.3, 0.4) is 0 Å². The van der Waals surface area contributed by atoms with Crippen LogP contribution in [-0.4, -0.2) is 0 Å². The maximum Gasteiger partial charge on any atom is 0.147 e. The lowest BCUT2D eigenvalue weighted by Gasteiger charge is -2.28. The molecule has 0 atom stereocenters. The van der Waals surface area contributed by atoms with E-state index in [9.17, 15) is 21.0 Å². The highest BCUT2D eigenvalue weighted by Crippen LogP contribution is 2.57. The highest BCUT2D eigenvalue weighted by molar-refractivity contribution is 8.01. The van der Waals surface area contributed by atoms with Crippen molar-refractivity contribution in [3.05, 3.63) is 212 Å². The molecule has 0 N–H and O–H groups in total. The molecular weight excluding hydrogens is 1110 g/mol. The van der Waals surface area contributed by atoms with Gasteiger partial charge in [0.15, 0.2) is 0 Å². The number of rotatable bonds is 12. The fraction of sp³-hybridized carbons (Fsp3) is 0.278. The van der Waals surface area contributed by atoms with Crippen LogP contribution in [0.25, 0.3) is 0 Å². The van der Waals surface area contributed by atoms with E-state index in [4.69, 9.17) is 18.9 Å². The Kier molecular flexibility index (Phi) is 18.3. The van der Waals surface area contributed by atoms with E-state index in [2.05, 4.69) is 156 Å². The summed E-state index contributed by atoms with van der Waals surface area (Å²) in [5, 5.41) is 38.9. The molecular formula is C72H68N4O4S4. The van der Waals surface area contributed by atoms with Gasteiger partial charge in [0.2, 0.25) is 0 Å². The predicted octanol–water partition coefficient (Wildman–Crippen LogP) is 19.6. The molecule has 0 spiro atoms. The first-order chi connectivity index (χ1) is 39.9. The van der Waals surface area contributed by atoms with E-state index >= 15 is 0 Å². The van der Waals surface area contributed by atoms with E-state index in [0.29, 0.717) is 45.3 Å². The van der Waals surface area contributed by atoms with Gasteiger partial charge in [-0.25, -0.2) is 0 Å². The van der Waals surface area contributed by atoms with Gasteiger partial charge in [-0.1, -0.05) is 179 Å². The Hall–Kier alpha value is -7.68. The van der Waals surface area contributed by atoms with Crippen molar-refractivity contribution in [2.45, 2.75) is 170 Å². The Labute approximate surface area is 513 Å². The lowest BCUT2D eigenvalue weighted by Crippen LogP contribution is -2.14. The molecule has 0 fully saturated rings. The second kappa shape index (κ2) is 25.3. The molecule has 0 aliphatic carbocycles. The molecule has 12 heteroatoms. The molecule has 0 saturated heterocycles. The van der Waals surface area contributed by atoms with Crippen LogP contribution >= 0.6 is 47.0 Å². The summed E-state index contributed by atoms with van der Waals surface area (Å²) >= 11 is 6.47. The lowest BCUT2D eigenvalue weighted by atomic mass is 9.87. The molecule has 424 valence electrons. The molecule has 8 aromatic rings. The minimum Gasteiger partial charge on any atom is -0.487 e. The van der Waals surface area contributed by atoms with Gasteiger partial charge in [0.05, 0.1) is 85.7 Å². The maximum absolute atomic E-state index is 9.74. The second-order valence-electron chi connectivity index (χ2n) is 25.0. The number of hydrogen-bond acceptors (Lipinski definition) is 12. The molecule has 0 aromatic heterocycles. The van der Waals surface area contributed by atoms with Gasteiger partial charge in [0, 0.05) is 0 Å². The van der Waals surface area contributed by atoms with Crippen molar-refractivity contribution in [3.8, 4) is 47.3 Å². The molecule has 8 nitrogen and oxygen atoms in total. The molecule has 0 unspecified atom stereocenters. The number of ether oxygens (including phenoxy) is 4. The number of hydrogen-bond donors (Lipinski definition) is 0. The van der Waals surface area contributed by atoms with Crippen LogP contribution in [0, 0.1) is 45.3 Å². The Morgan fingerprint density at radius 3 is 0.560 bits per heavy atom. The fourth-order valence-corrected chi connectivity index (χ4v) is 13.8. The fourth-order valence-electron chi connectivity index (χ4n) is 9.01. The highest BCUT2D eigenvalue weighted by Gasteiger charge is 2.31. The zero-order valence-corrected chi connectivity index (χ0v) is 53.0. The second-order valence-corrected chi connectivity index (χ2v) is 29.3. The summed E-state index contributed by atoms with van der Waals surface area (Å²) in [7, 11) is 0. The van der Waals surface area contributed by atoms with Gasteiger partial charge in [-0.3, -0.25) is 0 Å². The maximum atomic E-state index is 9.74. The zero-order valence-electron chi connectivity index (χ0n) is 49.7. The first-order valence-corrected chi connectivity index (χ1v) is 31.1. The van der Waals surface area contributed by atoms with Crippen LogP contribution < -0.4 is 18.9 Å². The Morgan fingerprint density at radius 2 is 0.429 bits per heavy atom. The topological polar surface area (TPSA) is 132 Å². The average Bonchev–Trinajstić information content (AvgIpc) is 3.35. The Balaban J connectivity index is 1.38. The highest BCUT2D eigenvalue weighted by atomic mass is 32.2. The molecule has 9 rings (SSSR count). The first-order valence-electron chi connectivity index (χ1n) is 27.8. The van der Waals surface area contributed by atoms with Crippen molar-refractivity contribution < 1.29 is 18.9 Å². The molecule has 0 amide bonds. The number of fused-ring (bicyclic) bond motifs is 8. The van der Waals surface area contributed by atoms with E-state index < -0.39 is 0 Å². The van der Waals surface area contributed by atoms with E-state index in [0.717, 1.165) is 83.7 Å². The van der Waals surface area contributed by atoms with E-state index in [-0.39, 0.29) is 48.1 Å². The van der Waals surface area contributed by atoms with Gasteiger partial charge in [0.1, 0.15) is 49.4 Å². The summed E-state index contributed by atoms with van der Waals surface area (Å²) < 4.78 is 28.9. The number of nitriles is 4. The van der Waals surface area contributed by atoms with Crippen molar-refractivity contribution in [3.63, 3.8) is 0 Å². The van der Waals surface area contributed by atoms with Crippen LogP contribution in [0.1, 0.15) is 150 Å². The van der Waals surface area contributed by atoms with Crippen LogP contribution in [0.5, 0.6) is 23.0 Å². The van der Waals surface area contributed by atoms with Gasteiger partial charge in [0.25, 0.3) is 0 Å². The summed E-state index contributed by atoms with van der Waals surface area (Å²) in [5.41, 5.74) is 9.16. The largest absolute Gasteiger partial charge is 0.487 e. The standard InChI is InChI=1S/C72H68N4O4S4/c1-69(2,3)53-29-57-65(77-41-49-21-13-45(37-73)14-22-49)58(30-53)82-60-32-55(71(7,8)9)34-62(67(60)79-43-51-25-17-47(39-75)18-26-51)84-64-36-56(72(10,11)12)35-63(68(64)80-44-52-27-19-48(40-76)20-28-52)83-61-33-54(70(4,5)6)31-59(81-57)66(61)78-42-50-23-15-46(38-74)16-24-50/h13-36H,41-44H2,1-12H3. The van der Waals surface area contributed by atoms with Gasteiger partial charge in [-0.15, -0.1) is 0 Å². The summed E-state index contributed by atoms with van der Waals surface area (Å²) in [6.45, 7) is 27.7. The minimum absolute atomic E-state index is 0.230. The molecule has 84 heavy (non-hydrogen) atoms. The monoisotopic (exact) mass is 1180 g/mol. The third kappa shape index (κ3) is 14.8. The van der Waals surface area contributed by atoms with Crippen molar-refractivity contribution in [2.75, 3.05) is 0 Å². The average molecular weight is 1180 g/mol. The number of benzene rings is 8. The SMILES string of the molecule is CC(C)(C)c1cc2c(OCc3ccc(C#N)cc3)c(c1)Sc1cc(C(C)(C)C)cc(c1OCc1ccc(C#N)cc1)Sc1cc(C(C)(C)C)cc(c1OCc1ccc(C#N)cc1)Sc1cc(C(C)(C)C)cc(c1OCc1ccc(C#N)cc1)S2. The molecule has 8 bridgehead atoms. The van der Waals surface area contributed by atoms with Crippen LogP contribution in [0.2, 0.25) is 0 Å².